The van der Waals surface area contributed by atoms with E-state index in [4.69, 9.17) is 42.3 Å². The van der Waals surface area contributed by atoms with Crippen molar-refractivity contribution in [2.45, 2.75) is 105 Å². The van der Waals surface area contributed by atoms with Gasteiger partial charge in [0.25, 0.3) is 5.91 Å². The minimum atomic E-state index is -0.573. The van der Waals surface area contributed by atoms with Gasteiger partial charge in [-0.1, -0.05) is 30.5 Å². The van der Waals surface area contributed by atoms with E-state index in [1.54, 1.807) is 60.5 Å². The van der Waals surface area contributed by atoms with Crippen molar-refractivity contribution in [3.05, 3.63) is 70.2 Å². The Bertz CT molecular complexity index is 1430. The normalized spacial score (nSPS) is 18.7. The van der Waals surface area contributed by atoms with E-state index in [-0.39, 0.29) is 63.6 Å². The minimum absolute atomic E-state index is 0. The summed E-state index contributed by atoms with van der Waals surface area (Å²) in [6.45, 7) is 21.7. The van der Waals surface area contributed by atoms with Gasteiger partial charge in [0.1, 0.15) is 17.2 Å². The maximum absolute atomic E-state index is 12.7. The van der Waals surface area contributed by atoms with E-state index >= 15 is 0 Å². The smallest absolute Gasteiger partial charge is 1.00 e. The molecule has 0 spiro atoms. The van der Waals surface area contributed by atoms with Crippen LogP contribution >= 0.6 is 23.2 Å². The van der Waals surface area contributed by atoms with Crippen LogP contribution in [-0.4, -0.2) is 126 Å². The summed E-state index contributed by atoms with van der Waals surface area (Å²) >= 11 is 11.4. The molecule has 0 aliphatic carbocycles. The van der Waals surface area contributed by atoms with Crippen molar-refractivity contribution in [3.63, 3.8) is 0 Å². The van der Waals surface area contributed by atoms with Gasteiger partial charge in [0.05, 0.1) is 13.2 Å². The van der Waals surface area contributed by atoms with Gasteiger partial charge in [-0.15, -0.1) is 11.6 Å². The molecule has 2 fully saturated rings. The first kappa shape index (κ1) is 55.0. The number of likely N-dealkylation sites (N-methyl/N-ethyl adjacent to an activating group) is 1. The fraction of sp³-hybridized carbons (Fsp3) is 0.600. The van der Waals surface area contributed by atoms with Crippen molar-refractivity contribution in [3.8, 4) is 0 Å². The number of likely N-dealkylation sites (tertiary alicyclic amines) is 2. The van der Waals surface area contributed by atoms with Gasteiger partial charge in [-0.3, -0.25) is 24.2 Å². The Balaban J connectivity index is 0. The molecule has 11 nitrogen and oxygen atoms in total. The van der Waals surface area contributed by atoms with Crippen LogP contribution in [0.25, 0.3) is 0 Å². The molecular weight excluding hydrogens is 826 g/mol. The van der Waals surface area contributed by atoms with Gasteiger partial charge in [0.2, 0.25) is 0 Å². The third-order valence-corrected chi connectivity index (χ3v) is 8.17. The number of Topliss-reactive ketones (excluding diaryl/α,β-unsaturated/α-hetero) is 1. The van der Waals surface area contributed by atoms with E-state index in [9.17, 15) is 19.2 Å². The Morgan fingerprint density at radius 1 is 0.764 bits per heavy atom. The Hall–Kier alpha value is -2.13. The number of carbonyl (C=O) groups is 4. The number of ketones is 1. The molecule has 0 saturated carbocycles. The van der Waals surface area contributed by atoms with Crippen molar-refractivity contribution in [1.82, 2.24) is 14.9 Å². The van der Waals surface area contributed by atoms with Crippen LogP contribution < -0.4 is 17.0 Å². The van der Waals surface area contributed by atoms with E-state index in [2.05, 4.69) is 6.07 Å². The second-order valence-electron chi connectivity index (χ2n) is 14.9. The molecule has 2 aliphatic heterocycles. The molecule has 0 N–H and O–H groups in total. The molecule has 2 aromatic carbocycles. The van der Waals surface area contributed by atoms with E-state index in [1.807, 2.05) is 69.2 Å². The molecule has 0 unspecified atom stereocenters. The monoisotopic (exact) mass is 883 g/mol. The van der Waals surface area contributed by atoms with Gasteiger partial charge in [-0.2, -0.15) is 30.3 Å². The summed E-state index contributed by atoms with van der Waals surface area (Å²) in [4.78, 5) is 57.2. The van der Waals surface area contributed by atoms with E-state index in [0.29, 0.717) is 36.5 Å². The Kier molecular flexibility index (Phi) is 26.7. The summed E-state index contributed by atoms with van der Waals surface area (Å²) in [7, 11) is 2.96. The molecule has 3 amide bonds. The van der Waals surface area contributed by atoms with Gasteiger partial charge >= 0.3 is 35.2 Å². The zero-order valence-corrected chi connectivity index (χ0v) is 39.1. The number of hydroxylamine groups is 2. The predicted octanol–water partition coefficient (Wildman–Crippen LogP) is 5.63. The number of benzene rings is 2. The third kappa shape index (κ3) is 21.3. The maximum atomic E-state index is 12.7. The van der Waals surface area contributed by atoms with E-state index in [0.717, 1.165) is 23.3 Å². The van der Waals surface area contributed by atoms with Gasteiger partial charge in [0, 0.05) is 43.9 Å². The van der Waals surface area contributed by atoms with Crippen LogP contribution in [0.4, 0.5) is 9.59 Å². The molecule has 4 rings (SSSR count). The van der Waals surface area contributed by atoms with Crippen LogP contribution in [-0.2, 0) is 23.8 Å². The van der Waals surface area contributed by atoms with Crippen molar-refractivity contribution in [1.29, 1.82) is 0 Å². The summed E-state index contributed by atoms with van der Waals surface area (Å²) in [5.41, 5.74) is -0.572. The zero-order chi connectivity index (χ0) is 40.5. The SMILES string of the molecule is CCOCC.CON(C)C(=O)[C@H]1C[C@H](C)CN1C(=O)OC(C)(C)C.C[C@H]1C[C@H](C(=O)c2ccc(Cl)cc2)N(C(=O)OC(C)(C)C)C1.Clc1cc[c-]cc1.[Br-].[Mg+2]. The van der Waals surface area contributed by atoms with Crippen molar-refractivity contribution >= 4 is 70.1 Å². The van der Waals surface area contributed by atoms with Gasteiger partial charge in [0.15, 0.2) is 5.78 Å². The molecule has 2 heterocycles. The topological polar surface area (TPSA) is 115 Å². The molecule has 306 valence electrons. The molecule has 0 aromatic heterocycles. The Labute approximate surface area is 365 Å². The molecule has 4 atom stereocenters. The molecule has 2 aliphatic rings. The fourth-order valence-corrected chi connectivity index (χ4v) is 5.55. The van der Waals surface area contributed by atoms with Crippen molar-refractivity contribution in [2.24, 2.45) is 11.8 Å². The standard InChI is InChI=1S/C17H22ClNO3.C13H24N2O4.C6H4Cl.C4H10O.BrH.Mg/c1-11-9-14(15(20)12-5-7-13(18)8-6-12)19(10-11)16(21)22-17(2,3)4;1-9-7-10(11(16)14(5)18-6)15(8-9)12(17)19-13(2,3)4;7-6-4-2-1-3-5-6;1-3-5-4-2;;/h5-8,11,14H,9-10H2,1-4H3;9-10H,7-8H2,1-6H3;2-5H;3-4H2,1-2H3;1H;/q;;-1;;;+2/p-1/t11-,14+;9-,10+;;;;/m00..../s1. The van der Waals surface area contributed by atoms with Crippen LogP contribution in [0.5, 0.6) is 0 Å². The zero-order valence-electron chi connectivity index (χ0n) is 34.6. The minimum Gasteiger partial charge on any atom is -1.00 e. The molecule has 15 heteroatoms. The van der Waals surface area contributed by atoms with E-state index < -0.39 is 35.5 Å². The van der Waals surface area contributed by atoms with Gasteiger partial charge in [-0.05, 0) is 104 Å². The Morgan fingerprint density at radius 2 is 1.16 bits per heavy atom. The first-order chi connectivity index (χ1) is 24.6. The summed E-state index contributed by atoms with van der Waals surface area (Å²) in [5, 5.41) is 2.50. The molecule has 0 radical (unpaired) electrons. The predicted molar refractivity (Wildman–Crippen MR) is 215 cm³/mol. The Morgan fingerprint density at radius 3 is 1.51 bits per heavy atom. The van der Waals surface area contributed by atoms with Gasteiger partial charge in [-0.25, -0.2) is 14.7 Å². The molecule has 2 saturated heterocycles. The van der Waals surface area contributed by atoms with Crippen molar-refractivity contribution in [2.75, 3.05) is 40.5 Å². The number of ether oxygens (including phenoxy) is 3. The van der Waals surface area contributed by atoms with Crippen LogP contribution in [0.15, 0.2) is 48.5 Å². The van der Waals surface area contributed by atoms with E-state index in [1.165, 1.54) is 12.0 Å². The maximum Gasteiger partial charge on any atom is 2.00 e. The second-order valence-corrected chi connectivity index (χ2v) is 15.7. The average Bonchev–Trinajstić information content (AvgIpc) is 3.67. The molecule has 2 aromatic rings. The quantitative estimate of drug-likeness (QED) is 0.159. The average molecular weight is 886 g/mol. The number of rotatable bonds is 6. The largest absolute Gasteiger partial charge is 2.00 e. The number of carbonyl (C=O) groups excluding carboxylic acids is 4. The number of nitrogens with zero attached hydrogens (tertiary/aromatic N) is 3. The summed E-state index contributed by atoms with van der Waals surface area (Å²) < 4.78 is 15.6. The van der Waals surface area contributed by atoms with Gasteiger partial charge < -0.3 is 31.2 Å². The third-order valence-electron chi connectivity index (χ3n) is 7.66. The summed E-state index contributed by atoms with van der Waals surface area (Å²) in [5.74, 6) is 0.255. The van der Waals surface area contributed by atoms with Crippen molar-refractivity contribution < 1.29 is 55.2 Å². The summed E-state index contributed by atoms with van der Waals surface area (Å²) in [6.07, 6.45) is 0.413. The first-order valence-electron chi connectivity index (χ1n) is 17.9. The number of hydrogen-bond acceptors (Lipinski definition) is 8. The number of halogens is 3. The fourth-order valence-electron chi connectivity index (χ4n) is 5.30. The molecule has 55 heavy (non-hydrogen) atoms. The van der Waals surface area contributed by atoms with Crippen LogP contribution in [0.1, 0.15) is 92.4 Å². The number of hydrogen-bond donors (Lipinski definition) is 0. The van der Waals surface area contributed by atoms with Crippen LogP contribution in [0.2, 0.25) is 10.0 Å². The summed E-state index contributed by atoms with van der Waals surface area (Å²) in [6, 6.07) is 15.8. The first-order valence-corrected chi connectivity index (χ1v) is 18.7. The second kappa shape index (κ2) is 26.7. The molecule has 0 bridgehead atoms. The molecular formula is C40H60BrCl2MgN3O8. The van der Waals surface area contributed by atoms with Crippen LogP contribution in [0.3, 0.4) is 0 Å². The van der Waals surface area contributed by atoms with Crippen LogP contribution in [0, 0.1) is 17.9 Å². The number of amides is 3.